The highest BCUT2D eigenvalue weighted by molar-refractivity contribution is 5.63. The van der Waals surface area contributed by atoms with E-state index in [4.69, 9.17) is 9.97 Å². The van der Waals surface area contributed by atoms with Crippen LogP contribution in [0.25, 0.3) is 11.4 Å². The van der Waals surface area contributed by atoms with Crippen LogP contribution in [0.3, 0.4) is 0 Å². The average Bonchev–Trinajstić information content (AvgIpc) is 3.50. The lowest BCUT2D eigenvalue weighted by Crippen LogP contribution is -2.46. The van der Waals surface area contributed by atoms with Crippen molar-refractivity contribution in [3.63, 3.8) is 0 Å². The normalized spacial score (nSPS) is 19.7. The van der Waals surface area contributed by atoms with Crippen LogP contribution in [0, 0.1) is 0 Å². The Bertz CT molecular complexity index is 868. The minimum Gasteiger partial charge on any atom is -0.369 e. The summed E-state index contributed by atoms with van der Waals surface area (Å²) in [4.78, 5) is 19.9. The van der Waals surface area contributed by atoms with Crippen LogP contribution >= 0.6 is 0 Å². The van der Waals surface area contributed by atoms with Crippen LogP contribution in [0.5, 0.6) is 0 Å². The fraction of sp³-hybridized carbons (Fsp3) is 0.615. The molecule has 0 amide bonds. The summed E-state index contributed by atoms with van der Waals surface area (Å²) in [5.41, 5.74) is 3.73. The van der Waals surface area contributed by atoms with Gasteiger partial charge < -0.3 is 14.7 Å². The molecule has 5 rings (SSSR count). The number of anilines is 2. The molecule has 0 unspecified atom stereocenters. The second kappa shape index (κ2) is 10.2. The van der Waals surface area contributed by atoms with E-state index in [2.05, 4.69) is 57.0 Å². The zero-order valence-electron chi connectivity index (χ0n) is 19.7. The van der Waals surface area contributed by atoms with Crippen LogP contribution in [0.1, 0.15) is 38.2 Å². The summed E-state index contributed by atoms with van der Waals surface area (Å²) in [6.07, 6.45) is 8.33. The molecule has 0 saturated carbocycles. The van der Waals surface area contributed by atoms with Gasteiger partial charge in [0.1, 0.15) is 5.82 Å². The van der Waals surface area contributed by atoms with E-state index in [-0.39, 0.29) is 0 Å². The van der Waals surface area contributed by atoms with E-state index < -0.39 is 0 Å². The molecule has 0 bridgehead atoms. The molecule has 0 spiro atoms. The molecule has 2 aromatic rings. The van der Waals surface area contributed by atoms with Crippen LogP contribution < -0.4 is 9.80 Å². The Hall–Kier alpha value is -2.18. The number of fused-ring (bicyclic) bond motifs is 1. The number of likely N-dealkylation sites (tertiary alicyclic amines) is 1. The minimum absolute atomic E-state index is 0.856. The summed E-state index contributed by atoms with van der Waals surface area (Å²) in [7, 11) is 0. The topological polar surface area (TPSA) is 38.7 Å². The van der Waals surface area contributed by atoms with Gasteiger partial charge >= 0.3 is 0 Å². The van der Waals surface area contributed by atoms with Crippen molar-refractivity contribution >= 4 is 11.5 Å². The Kier molecular flexibility index (Phi) is 6.89. The van der Waals surface area contributed by atoms with Gasteiger partial charge in [-0.05, 0) is 82.5 Å². The fourth-order valence-electron chi connectivity index (χ4n) is 5.42. The number of hydrogen-bond donors (Lipinski definition) is 0. The largest absolute Gasteiger partial charge is 0.369 e. The number of aromatic nitrogens is 2. The van der Waals surface area contributed by atoms with Gasteiger partial charge in [-0.3, -0.25) is 4.90 Å². The zero-order chi connectivity index (χ0) is 21.8. The molecule has 0 N–H and O–H groups in total. The Balaban J connectivity index is 1.21. The molecule has 2 saturated heterocycles. The second-order valence-electron chi connectivity index (χ2n) is 9.56. The van der Waals surface area contributed by atoms with Gasteiger partial charge in [-0.1, -0.05) is 6.92 Å². The maximum absolute atomic E-state index is 5.01. The predicted octanol–water partition coefficient (Wildman–Crippen LogP) is 3.52. The summed E-state index contributed by atoms with van der Waals surface area (Å²) >= 11 is 0. The molecule has 0 radical (unpaired) electrons. The van der Waals surface area contributed by atoms with E-state index in [1.54, 1.807) is 0 Å². The lowest BCUT2D eigenvalue weighted by molar-refractivity contribution is 0.258. The summed E-state index contributed by atoms with van der Waals surface area (Å²) in [6, 6.07) is 8.88. The van der Waals surface area contributed by atoms with Crippen LogP contribution in [-0.2, 0) is 6.42 Å². The maximum Gasteiger partial charge on any atom is 0.161 e. The molecule has 3 aliphatic heterocycles. The highest BCUT2D eigenvalue weighted by atomic mass is 15.3. The number of benzene rings is 1. The molecule has 32 heavy (non-hydrogen) atoms. The number of hydrogen-bond acceptors (Lipinski definition) is 6. The third-order valence-corrected chi connectivity index (χ3v) is 7.30. The van der Waals surface area contributed by atoms with Gasteiger partial charge in [0.15, 0.2) is 5.82 Å². The summed E-state index contributed by atoms with van der Waals surface area (Å²) < 4.78 is 0. The van der Waals surface area contributed by atoms with Crippen molar-refractivity contribution in [1.82, 2.24) is 19.8 Å². The number of nitrogens with zero attached hydrogens (tertiary/aromatic N) is 6. The predicted molar refractivity (Wildman–Crippen MR) is 133 cm³/mol. The fourth-order valence-corrected chi connectivity index (χ4v) is 5.42. The van der Waals surface area contributed by atoms with Gasteiger partial charge in [0, 0.05) is 62.3 Å². The van der Waals surface area contributed by atoms with Crippen molar-refractivity contribution in [1.29, 1.82) is 0 Å². The first-order valence-electron chi connectivity index (χ1n) is 12.7. The van der Waals surface area contributed by atoms with Crippen molar-refractivity contribution in [2.45, 2.75) is 39.0 Å². The van der Waals surface area contributed by atoms with Crippen molar-refractivity contribution in [3.8, 4) is 11.4 Å². The van der Waals surface area contributed by atoms with E-state index in [0.29, 0.717) is 0 Å². The van der Waals surface area contributed by atoms with Crippen LogP contribution in [0.15, 0.2) is 30.5 Å². The van der Waals surface area contributed by atoms with Crippen molar-refractivity contribution < 1.29 is 0 Å². The van der Waals surface area contributed by atoms with E-state index in [1.165, 1.54) is 63.1 Å². The van der Waals surface area contributed by atoms with Crippen molar-refractivity contribution in [3.05, 3.63) is 36.0 Å². The van der Waals surface area contributed by atoms with Gasteiger partial charge in [0.2, 0.25) is 0 Å². The highest BCUT2D eigenvalue weighted by Crippen LogP contribution is 2.29. The standard InChI is InChI=1S/C26H38N6/c1-2-11-29-17-19-31(20-18-29)24-8-6-22(7-9-24)25-27-21-23-10-16-32(26(23)28-25)15-5-14-30-12-3-4-13-30/h6-9,21H,2-5,10-20H2,1H3. The zero-order valence-corrected chi connectivity index (χ0v) is 19.7. The lowest BCUT2D eigenvalue weighted by Gasteiger charge is -2.36. The number of rotatable bonds is 8. The van der Waals surface area contributed by atoms with Gasteiger partial charge in [0.05, 0.1) is 0 Å². The summed E-state index contributed by atoms with van der Waals surface area (Å²) in [6.45, 7) is 14.0. The number of piperazine rings is 1. The van der Waals surface area contributed by atoms with E-state index in [9.17, 15) is 0 Å². The quantitative estimate of drug-likeness (QED) is 0.633. The van der Waals surface area contributed by atoms with Crippen LogP contribution in [0.4, 0.5) is 11.5 Å². The Labute approximate surface area is 193 Å². The molecule has 1 aromatic carbocycles. The molecule has 2 fully saturated rings. The monoisotopic (exact) mass is 434 g/mol. The van der Waals surface area contributed by atoms with E-state index >= 15 is 0 Å². The molecular weight excluding hydrogens is 396 g/mol. The molecule has 172 valence electrons. The Morgan fingerprint density at radius 3 is 2.31 bits per heavy atom. The van der Waals surface area contributed by atoms with Crippen LogP contribution in [-0.4, -0.2) is 85.2 Å². The maximum atomic E-state index is 5.01. The van der Waals surface area contributed by atoms with E-state index in [1.807, 2.05) is 0 Å². The molecule has 6 nitrogen and oxygen atoms in total. The first-order valence-corrected chi connectivity index (χ1v) is 12.7. The Morgan fingerprint density at radius 1 is 0.812 bits per heavy atom. The molecule has 0 atom stereocenters. The third kappa shape index (κ3) is 4.91. The highest BCUT2D eigenvalue weighted by Gasteiger charge is 2.22. The minimum atomic E-state index is 0.856. The van der Waals surface area contributed by atoms with Gasteiger partial charge in [-0.15, -0.1) is 0 Å². The molecule has 3 aliphatic rings. The van der Waals surface area contributed by atoms with Crippen LogP contribution in [0.2, 0.25) is 0 Å². The Morgan fingerprint density at radius 2 is 1.56 bits per heavy atom. The van der Waals surface area contributed by atoms with Crippen molar-refractivity contribution in [2.75, 3.05) is 75.2 Å². The first kappa shape index (κ1) is 21.7. The smallest absolute Gasteiger partial charge is 0.161 e. The average molecular weight is 435 g/mol. The van der Waals surface area contributed by atoms with Gasteiger partial charge in [-0.25, -0.2) is 9.97 Å². The van der Waals surface area contributed by atoms with Gasteiger partial charge in [0.25, 0.3) is 0 Å². The molecular formula is C26H38N6. The first-order chi connectivity index (χ1) is 15.8. The summed E-state index contributed by atoms with van der Waals surface area (Å²) in [5.74, 6) is 2.02. The SMILES string of the molecule is CCCN1CCN(c2ccc(-c3ncc4c(n3)N(CCCN3CCCC3)CC4)cc2)CC1. The lowest BCUT2D eigenvalue weighted by atomic mass is 10.1. The second-order valence-corrected chi connectivity index (χ2v) is 9.56. The summed E-state index contributed by atoms with van der Waals surface area (Å²) in [5, 5.41) is 0. The van der Waals surface area contributed by atoms with Crippen molar-refractivity contribution in [2.24, 2.45) is 0 Å². The molecule has 6 heteroatoms. The molecule has 1 aromatic heterocycles. The van der Waals surface area contributed by atoms with E-state index in [0.717, 1.165) is 62.9 Å². The van der Waals surface area contributed by atoms with Gasteiger partial charge in [-0.2, -0.15) is 0 Å². The molecule has 4 heterocycles. The third-order valence-electron chi connectivity index (χ3n) is 7.30. The molecule has 0 aliphatic carbocycles.